The van der Waals surface area contributed by atoms with Crippen molar-refractivity contribution in [2.24, 2.45) is 23.2 Å². The SMILES string of the molecule is CSc1ncccc1C(=O)NC(C)C12CC3CC(CC(C3)C1)C2. The van der Waals surface area contributed by atoms with Crippen molar-refractivity contribution >= 4 is 17.7 Å². The van der Waals surface area contributed by atoms with E-state index in [1.165, 1.54) is 50.3 Å². The number of carbonyl (C=O) groups excluding carboxylic acids is 1. The summed E-state index contributed by atoms with van der Waals surface area (Å²) in [6, 6.07) is 4.00. The van der Waals surface area contributed by atoms with Crippen LogP contribution in [-0.2, 0) is 0 Å². The van der Waals surface area contributed by atoms with Gasteiger partial charge in [-0.05, 0) is 87.0 Å². The van der Waals surface area contributed by atoms with Gasteiger partial charge in [0.1, 0.15) is 5.03 Å². The van der Waals surface area contributed by atoms with Gasteiger partial charge in [-0.1, -0.05) is 0 Å². The third-order valence-electron chi connectivity index (χ3n) is 6.56. The topological polar surface area (TPSA) is 42.0 Å². The van der Waals surface area contributed by atoms with Crippen molar-refractivity contribution in [1.82, 2.24) is 10.3 Å². The van der Waals surface area contributed by atoms with Gasteiger partial charge in [-0.25, -0.2) is 4.98 Å². The van der Waals surface area contributed by atoms with E-state index in [-0.39, 0.29) is 11.9 Å². The second-order valence-corrected chi connectivity index (χ2v) is 8.83. The Hall–Kier alpha value is -1.03. The van der Waals surface area contributed by atoms with Gasteiger partial charge in [0.2, 0.25) is 0 Å². The maximum Gasteiger partial charge on any atom is 0.254 e. The minimum atomic E-state index is 0.0469. The number of nitrogens with zero attached hydrogens (tertiary/aromatic N) is 1. The lowest BCUT2D eigenvalue weighted by Crippen LogP contribution is -2.55. The molecule has 1 amide bonds. The van der Waals surface area contributed by atoms with E-state index in [0.717, 1.165) is 28.3 Å². The molecule has 0 spiro atoms. The van der Waals surface area contributed by atoms with Crippen molar-refractivity contribution in [2.45, 2.75) is 56.5 Å². The predicted molar refractivity (Wildman–Crippen MR) is 93.6 cm³/mol. The second kappa shape index (κ2) is 5.80. The Labute approximate surface area is 143 Å². The number of nitrogens with one attached hydrogen (secondary N) is 1. The minimum Gasteiger partial charge on any atom is -0.349 e. The van der Waals surface area contributed by atoms with Crippen LogP contribution in [0.25, 0.3) is 0 Å². The largest absolute Gasteiger partial charge is 0.349 e. The van der Waals surface area contributed by atoms with Crippen molar-refractivity contribution in [2.75, 3.05) is 6.26 Å². The highest BCUT2D eigenvalue weighted by atomic mass is 32.2. The number of amides is 1. The summed E-state index contributed by atoms with van der Waals surface area (Å²) >= 11 is 1.54. The van der Waals surface area contributed by atoms with Crippen molar-refractivity contribution in [3.63, 3.8) is 0 Å². The number of aromatic nitrogens is 1. The van der Waals surface area contributed by atoms with E-state index in [1.54, 1.807) is 6.20 Å². The van der Waals surface area contributed by atoms with E-state index in [2.05, 4.69) is 17.2 Å². The zero-order valence-corrected chi connectivity index (χ0v) is 14.9. The van der Waals surface area contributed by atoms with Gasteiger partial charge >= 0.3 is 0 Å². The molecule has 1 heterocycles. The third-order valence-corrected chi connectivity index (χ3v) is 7.27. The van der Waals surface area contributed by atoms with Crippen LogP contribution < -0.4 is 5.32 Å². The van der Waals surface area contributed by atoms with Gasteiger partial charge < -0.3 is 5.32 Å². The lowest BCUT2D eigenvalue weighted by atomic mass is 9.48. The molecule has 1 aromatic rings. The highest BCUT2D eigenvalue weighted by molar-refractivity contribution is 7.98. The summed E-state index contributed by atoms with van der Waals surface area (Å²) in [4.78, 5) is 17.1. The van der Waals surface area contributed by atoms with Gasteiger partial charge in [0, 0.05) is 12.2 Å². The average Bonchev–Trinajstić information content (AvgIpc) is 2.53. The number of hydrogen-bond donors (Lipinski definition) is 1. The fourth-order valence-electron chi connectivity index (χ4n) is 5.86. The quantitative estimate of drug-likeness (QED) is 0.844. The van der Waals surface area contributed by atoms with Crippen LogP contribution in [0.1, 0.15) is 55.8 Å². The lowest BCUT2D eigenvalue weighted by Gasteiger charge is -2.59. The monoisotopic (exact) mass is 330 g/mol. The Bertz CT molecular complexity index is 580. The molecule has 3 nitrogen and oxygen atoms in total. The number of hydrogen-bond acceptors (Lipinski definition) is 3. The van der Waals surface area contributed by atoms with E-state index in [4.69, 9.17) is 0 Å². The fraction of sp³-hybridized carbons (Fsp3) is 0.684. The highest BCUT2D eigenvalue weighted by Gasteiger charge is 2.53. The molecule has 1 atom stereocenters. The first-order chi connectivity index (χ1) is 11.1. The summed E-state index contributed by atoms with van der Waals surface area (Å²) in [5, 5.41) is 4.16. The van der Waals surface area contributed by atoms with E-state index in [9.17, 15) is 4.79 Å². The Morgan fingerprint density at radius 2 is 1.87 bits per heavy atom. The first kappa shape index (κ1) is 15.5. The normalized spacial score (nSPS) is 36.0. The first-order valence-electron chi connectivity index (χ1n) is 8.89. The third kappa shape index (κ3) is 2.69. The molecule has 4 fully saturated rings. The van der Waals surface area contributed by atoms with Crippen LogP contribution >= 0.6 is 11.8 Å². The average molecular weight is 330 g/mol. The Kier molecular flexibility index (Phi) is 3.91. The summed E-state index contributed by atoms with van der Waals surface area (Å²) in [6.07, 6.45) is 12.0. The highest BCUT2D eigenvalue weighted by Crippen LogP contribution is 2.61. The van der Waals surface area contributed by atoms with Crippen LogP contribution in [0.3, 0.4) is 0 Å². The maximum atomic E-state index is 12.8. The van der Waals surface area contributed by atoms with Gasteiger partial charge in [-0.15, -0.1) is 11.8 Å². The summed E-state index contributed by atoms with van der Waals surface area (Å²) in [5.74, 6) is 2.80. The van der Waals surface area contributed by atoms with Gasteiger partial charge in [-0.3, -0.25) is 4.79 Å². The fourth-order valence-corrected chi connectivity index (χ4v) is 6.41. The molecule has 4 aliphatic carbocycles. The first-order valence-corrected chi connectivity index (χ1v) is 10.1. The van der Waals surface area contributed by atoms with Crippen LogP contribution in [0.2, 0.25) is 0 Å². The second-order valence-electron chi connectivity index (χ2n) is 8.04. The van der Waals surface area contributed by atoms with Crippen molar-refractivity contribution in [3.8, 4) is 0 Å². The number of thioether (sulfide) groups is 1. The van der Waals surface area contributed by atoms with Crippen LogP contribution in [0.15, 0.2) is 23.4 Å². The van der Waals surface area contributed by atoms with Crippen molar-refractivity contribution < 1.29 is 4.79 Å². The summed E-state index contributed by atoms with van der Waals surface area (Å²) in [6.45, 7) is 2.24. The molecular weight excluding hydrogens is 304 g/mol. The van der Waals surface area contributed by atoms with Crippen LogP contribution in [-0.4, -0.2) is 23.2 Å². The van der Waals surface area contributed by atoms with Crippen LogP contribution in [0.5, 0.6) is 0 Å². The molecule has 0 saturated heterocycles. The summed E-state index contributed by atoms with van der Waals surface area (Å²) in [5.41, 5.74) is 1.07. The Morgan fingerprint density at radius 3 is 2.43 bits per heavy atom. The number of rotatable bonds is 4. The molecule has 124 valence electrons. The molecule has 4 aliphatic rings. The van der Waals surface area contributed by atoms with Crippen molar-refractivity contribution in [3.05, 3.63) is 23.9 Å². The van der Waals surface area contributed by atoms with Crippen molar-refractivity contribution in [1.29, 1.82) is 0 Å². The Balaban J connectivity index is 1.51. The molecule has 5 rings (SSSR count). The molecule has 1 N–H and O–H groups in total. The van der Waals surface area contributed by atoms with Gasteiger partial charge in [0.05, 0.1) is 5.56 Å². The van der Waals surface area contributed by atoms with E-state index in [1.807, 2.05) is 18.4 Å². The number of pyridine rings is 1. The standard InChI is InChI=1S/C19H26N2OS/c1-12(21-17(22)16-4-3-5-20-18(16)23-2)19-9-13-6-14(10-19)8-15(7-13)11-19/h3-5,12-15H,6-11H2,1-2H3,(H,21,22). The summed E-state index contributed by atoms with van der Waals surface area (Å²) in [7, 11) is 0. The lowest BCUT2D eigenvalue weighted by molar-refractivity contribution is -0.0688. The molecular formula is C19H26N2OS. The molecule has 4 saturated carbocycles. The zero-order valence-electron chi connectivity index (χ0n) is 14.0. The minimum absolute atomic E-state index is 0.0469. The predicted octanol–water partition coefficient (Wildman–Crippen LogP) is 4.14. The van der Waals surface area contributed by atoms with Crippen LogP contribution in [0.4, 0.5) is 0 Å². The van der Waals surface area contributed by atoms with Gasteiger partial charge in [0.25, 0.3) is 5.91 Å². The summed E-state index contributed by atoms with van der Waals surface area (Å²) < 4.78 is 0. The molecule has 4 bridgehead atoms. The zero-order chi connectivity index (χ0) is 16.0. The van der Waals surface area contributed by atoms with Gasteiger partial charge in [-0.2, -0.15) is 0 Å². The molecule has 0 radical (unpaired) electrons. The number of carbonyl (C=O) groups is 1. The Morgan fingerprint density at radius 1 is 1.26 bits per heavy atom. The van der Waals surface area contributed by atoms with E-state index in [0.29, 0.717) is 5.41 Å². The molecule has 1 aromatic heterocycles. The molecule has 0 aliphatic heterocycles. The van der Waals surface area contributed by atoms with Crippen LogP contribution in [0, 0.1) is 23.2 Å². The van der Waals surface area contributed by atoms with E-state index < -0.39 is 0 Å². The molecule has 1 unspecified atom stereocenters. The van der Waals surface area contributed by atoms with E-state index >= 15 is 0 Å². The maximum absolute atomic E-state index is 12.8. The molecule has 0 aromatic carbocycles. The molecule has 23 heavy (non-hydrogen) atoms. The smallest absolute Gasteiger partial charge is 0.254 e. The van der Waals surface area contributed by atoms with Gasteiger partial charge in [0.15, 0.2) is 0 Å². The molecule has 4 heteroatoms.